The quantitative estimate of drug-likeness (QED) is 0.367. The van der Waals surface area contributed by atoms with Crippen molar-refractivity contribution in [3.8, 4) is 5.88 Å². The second-order valence-corrected chi connectivity index (χ2v) is 4.92. The van der Waals surface area contributed by atoms with Crippen molar-refractivity contribution in [1.29, 1.82) is 0 Å². The van der Waals surface area contributed by atoms with Crippen molar-refractivity contribution < 1.29 is 9.66 Å². The Kier molecular flexibility index (Phi) is 4.31. The van der Waals surface area contributed by atoms with Crippen LogP contribution in [0.4, 0.5) is 5.69 Å². The molecule has 19 heavy (non-hydrogen) atoms. The molecule has 0 radical (unpaired) electrons. The maximum absolute atomic E-state index is 10.8. The topological polar surface area (TPSA) is 78.2 Å². The van der Waals surface area contributed by atoms with Crippen molar-refractivity contribution in [2.24, 2.45) is 11.8 Å². The van der Waals surface area contributed by atoms with Gasteiger partial charge in [0.05, 0.1) is 11.5 Å². The molecule has 102 valence electrons. The molecule has 0 spiro atoms. The number of halogens is 1. The summed E-state index contributed by atoms with van der Waals surface area (Å²) < 4.78 is 5.48. The molecule has 7 heteroatoms. The van der Waals surface area contributed by atoms with Crippen LogP contribution in [0.5, 0.6) is 5.88 Å². The van der Waals surface area contributed by atoms with E-state index in [9.17, 15) is 10.1 Å². The van der Waals surface area contributed by atoms with E-state index in [1.54, 1.807) is 0 Å². The van der Waals surface area contributed by atoms with Gasteiger partial charge in [0.1, 0.15) is 6.20 Å². The van der Waals surface area contributed by atoms with Gasteiger partial charge in [0.15, 0.2) is 0 Å². The lowest BCUT2D eigenvalue weighted by Crippen LogP contribution is -2.21. The van der Waals surface area contributed by atoms with Crippen LogP contribution in [-0.2, 0) is 0 Å². The van der Waals surface area contributed by atoms with E-state index in [-0.39, 0.29) is 16.9 Å². The van der Waals surface area contributed by atoms with Gasteiger partial charge >= 0.3 is 5.69 Å². The molecule has 2 unspecified atom stereocenters. The van der Waals surface area contributed by atoms with Gasteiger partial charge < -0.3 is 4.74 Å². The summed E-state index contributed by atoms with van der Waals surface area (Å²) >= 11 is 5.64. The summed E-state index contributed by atoms with van der Waals surface area (Å²) in [5.74, 6) is 0.756. The number of nitrogens with zero attached hydrogens (tertiary/aromatic N) is 3. The van der Waals surface area contributed by atoms with E-state index in [0.717, 1.165) is 19.0 Å². The lowest BCUT2D eigenvalue weighted by Gasteiger charge is -2.24. The van der Waals surface area contributed by atoms with Crippen LogP contribution in [0.3, 0.4) is 0 Å². The molecule has 2 atom stereocenters. The molecular formula is C12H14ClN3O3. The fraction of sp³-hybridized carbons (Fsp3) is 0.500. The maximum atomic E-state index is 10.8. The third-order valence-electron chi connectivity index (χ3n) is 3.26. The third-order valence-corrected chi connectivity index (χ3v) is 3.44. The molecule has 6 nitrogen and oxygen atoms in total. The number of allylic oxidation sites excluding steroid dienone is 2. The lowest BCUT2D eigenvalue weighted by molar-refractivity contribution is -0.386. The summed E-state index contributed by atoms with van der Waals surface area (Å²) in [5, 5.41) is 10.8. The maximum Gasteiger partial charge on any atom is 0.349 e. The van der Waals surface area contributed by atoms with Gasteiger partial charge in [-0.15, -0.1) is 0 Å². The second kappa shape index (κ2) is 5.97. The molecule has 1 aromatic heterocycles. The molecule has 1 heterocycles. The number of hydrogen-bond donors (Lipinski definition) is 0. The largest absolute Gasteiger partial charge is 0.472 e. The highest BCUT2D eigenvalue weighted by Gasteiger charge is 2.23. The predicted octanol–water partition coefficient (Wildman–Crippen LogP) is 3.02. The fourth-order valence-electron chi connectivity index (χ4n) is 2.00. The zero-order valence-corrected chi connectivity index (χ0v) is 11.2. The standard InChI is InChI=1S/C12H14ClN3O3/c1-8-4-2-3-5-9(8)7-19-11-10(16(17)18)6-14-12(13)15-11/h2-3,6,8-9H,4-5,7H2,1H3. The Morgan fingerprint density at radius 2 is 2.26 bits per heavy atom. The fourth-order valence-corrected chi connectivity index (χ4v) is 2.12. The number of hydrogen-bond acceptors (Lipinski definition) is 5. The molecule has 0 N–H and O–H groups in total. The zero-order valence-electron chi connectivity index (χ0n) is 10.5. The van der Waals surface area contributed by atoms with Crippen LogP contribution in [0.15, 0.2) is 18.3 Å². The van der Waals surface area contributed by atoms with E-state index in [0.29, 0.717) is 18.4 Å². The van der Waals surface area contributed by atoms with Crippen LogP contribution >= 0.6 is 11.6 Å². The summed E-state index contributed by atoms with van der Waals surface area (Å²) in [6.07, 6.45) is 7.23. The van der Waals surface area contributed by atoms with Gasteiger partial charge in [-0.25, -0.2) is 4.98 Å². The lowest BCUT2D eigenvalue weighted by atomic mass is 9.85. The van der Waals surface area contributed by atoms with Crippen LogP contribution in [0.1, 0.15) is 19.8 Å². The number of nitro groups is 1. The number of aromatic nitrogens is 2. The first-order valence-corrected chi connectivity index (χ1v) is 6.40. The minimum atomic E-state index is -0.574. The van der Waals surface area contributed by atoms with Crippen LogP contribution in [0.2, 0.25) is 5.28 Å². The highest BCUT2D eigenvalue weighted by molar-refractivity contribution is 6.28. The molecule has 1 aromatic rings. The molecule has 1 aliphatic rings. The molecule has 0 fully saturated rings. The van der Waals surface area contributed by atoms with Crippen molar-refractivity contribution in [1.82, 2.24) is 9.97 Å². The Bertz CT molecular complexity index is 507. The molecule has 0 amide bonds. The summed E-state index contributed by atoms with van der Waals surface area (Å²) in [6.45, 7) is 2.53. The first-order chi connectivity index (χ1) is 9.08. The first-order valence-electron chi connectivity index (χ1n) is 6.02. The van der Waals surface area contributed by atoms with Gasteiger partial charge in [0.25, 0.3) is 5.88 Å². The third kappa shape index (κ3) is 3.41. The van der Waals surface area contributed by atoms with Crippen LogP contribution in [0.25, 0.3) is 0 Å². The molecule has 0 saturated heterocycles. The Morgan fingerprint density at radius 3 is 2.95 bits per heavy atom. The normalized spacial score (nSPS) is 22.2. The van der Waals surface area contributed by atoms with Crippen LogP contribution in [-0.4, -0.2) is 21.5 Å². The molecule has 0 saturated carbocycles. The van der Waals surface area contributed by atoms with E-state index in [2.05, 4.69) is 29.0 Å². The highest BCUT2D eigenvalue weighted by atomic mass is 35.5. The summed E-state index contributed by atoms with van der Waals surface area (Å²) in [4.78, 5) is 17.6. The average molecular weight is 284 g/mol. The SMILES string of the molecule is CC1CC=CCC1COc1nc(Cl)ncc1[N+](=O)[O-]. The molecule has 2 rings (SSSR count). The van der Waals surface area contributed by atoms with Crippen molar-refractivity contribution in [3.63, 3.8) is 0 Å². The van der Waals surface area contributed by atoms with Gasteiger partial charge in [0.2, 0.25) is 5.28 Å². The number of rotatable bonds is 4. The highest BCUT2D eigenvalue weighted by Crippen LogP contribution is 2.28. The summed E-state index contributed by atoms with van der Waals surface area (Å²) in [6, 6.07) is 0. The van der Waals surface area contributed by atoms with Crippen LogP contribution < -0.4 is 4.74 Å². The van der Waals surface area contributed by atoms with E-state index < -0.39 is 4.92 Å². The van der Waals surface area contributed by atoms with E-state index >= 15 is 0 Å². The predicted molar refractivity (Wildman–Crippen MR) is 70.2 cm³/mol. The van der Waals surface area contributed by atoms with Gasteiger partial charge in [-0.1, -0.05) is 19.1 Å². The van der Waals surface area contributed by atoms with Gasteiger partial charge in [-0.2, -0.15) is 4.98 Å². The van der Waals surface area contributed by atoms with Crippen molar-refractivity contribution in [3.05, 3.63) is 33.7 Å². The van der Waals surface area contributed by atoms with E-state index in [1.807, 2.05) is 0 Å². The minimum Gasteiger partial charge on any atom is -0.472 e. The van der Waals surface area contributed by atoms with Crippen molar-refractivity contribution in [2.45, 2.75) is 19.8 Å². The smallest absolute Gasteiger partial charge is 0.349 e. The Hall–Kier alpha value is -1.69. The Morgan fingerprint density at radius 1 is 1.53 bits per heavy atom. The second-order valence-electron chi connectivity index (χ2n) is 4.58. The van der Waals surface area contributed by atoms with Crippen molar-refractivity contribution in [2.75, 3.05) is 6.61 Å². The molecule has 1 aliphatic carbocycles. The van der Waals surface area contributed by atoms with Crippen LogP contribution in [0, 0.1) is 22.0 Å². The van der Waals surface area contributed by atoms with E-state index in [1.165, 1.54) is 0 Å². The number of ether oxygens (including phenoxy) is 1. The Labute approximate surface area is 115 Å². The first kappa shape index (κ1) is 13.7. The monoisotopic (exact) mass is 283 g/mol. The molecule has 0 aromatic carbocycles. The molecule has 0 aliphatic heterocycles. The minimum absolute atomic E-state index is 0.0582. The summed E-state index contributed by atoms with van der Waals surface area (Å²) in [5.41, 5.74) is -0.261. The van der Waals surface area contributed by atoms with Gasteiger partial charge in [-0.3, -0.25) is 10.1 Å². The zero-order chi connectivity index (χ0) is 13.8. The van der Waals surface area contributed by atoms with Gasteiger partial charge in [0, 0.05) is 0 Å². The summed E-state index contributed by atoms with van der Waals surface area (Å²) in [7, 11) is 0. The van der Waals surface area contributed by atoms with Crippen molar-refractivity contribution >= 4 is 17.3 Å². The molecular weight excluding hydrogens is 270 g/mol. The average Bonchev–Trinajstić information content (AvgIpc) is 2.37. The molecule has 0 bridgehead atoms. The van der Waals surface area contributed by atoms with E-state index in [4.69, 9.17) is 16.3 Å². The van der Waals surface area contributed by atoms with Gasteiger partial charge in [-0.05, 0) is 36.3 Å². The Balaban J connectivity index is 2.08.